The summed E-state index contributed by atoms with van der Waals surface area (Å²) < 4.78 is 9.00. The van der Waals surface area contributed by atoms with Crippen LogP contribution in [0.5, 0.6) is 0 Å². The number of methoxy groups -OCH3 is 2. The predicted molar refractivity (Wildman–Crippen MR) is 77.9 cm³/mol. The summed E-state index contributed by atoms with van der Waals surface area (Å²) in [5.74, 6) is -1.76. The van der Waals surface area contributed by atoms with Gasteiger partial charge in [-0.05, 0) is 0 Å². The van der Waals surface area contributed by atoms with Crippen LogP contribution >= 0.6 is 21.6 Å². The maximum Gasteiger partial charge on any atom is 0.336 e. The highest BCUT2D eigenvalue weighted by Crippen LogP contribution is 2.26. The Balaban J connectivity index is 4.40. The number of amides is 1. The smallest absolute Gasteiger partial charge is 0.336 e. The Hall–Kier alpha value is -0.970. The first-order valence-electron chi connectivity index (χ1n) is 5.50. The maximum absolute atomic E-state index is 11.7. The largest absolute Gasteiger partial charge is 0.468 e. The molecular formula is C10H19N3O5S2. The number of hydrogen-bond donors (Lipinski definition) is 3. The summed E-state index contributed by atoms with van der Waals surface area (Å²) in [7, 11) is 6.12. The molecule has 0 radical (unpaired) electrons. The van der Waals surface area contributed by atoms with Gasteiger partial charge < -0.3 is 26.3 Å². The molecule has 0 rings (SSSR count). The second kappa shape index (κ2) is 9.06. The average Bonchev–Trinajstić information content (AvgIpc) is 2.47. The highest BCUT2D eigenvalue weighted by molar-refractivity contribution is 8.76. The van der Waals surface area contributed by atoms with Crippen LogP contribution < -0.4 is 16.8 Å². The monoisotopic (exact) mass is 325 g/mol. The summed E-state index contributed by atoms with van der Waals surface area (Å²) >= 11 is 0. The van der Waals surface area contributed by atoms with Crippen LogP contribution in [0.15, 0.2) is 0 Å². The van der Waals surface area contributed by atoms with E-state index in [4.69, 9.17) is 11.5 Å². The third kappa shape index (κ3) is 5.19. The Bertz CT molecular complexity index is 351. The molecule has 2 unspecified atom stereocenters. The third-order valence-corrected chi connectivity index (χ3v) is 4.80. The number of carbonyl (C=O) groups excluding carboxylic acids is 3. The lowest BCUT2D eigenvalue weighted by molar-refractivity contribution is -0.150. The number of rotatable bonds is 8. The Morgan fingerprint density at radius 3 is 2.30 bits per heavy atom. The molecule has 2 atom stereocenters. The number of ether oxygens (including phenoxy) is 2. The van der Waals surface area contributed by atoms with Gasteiger partial charge in [0.15, 0.2) is 0 Å². The van der Waals surface area contributed by atoms with E-state index in [2.05, 4.69) is 14.8 Å². The van der Waals surface area contributed by atoms with E-state index in [1.54, 1.807) is 0 Å². The van der Waals surface area contributed by atoms with Crippen LogP contribution in [0.2, 0.25) is 0 Å². The van der Waals surface area contributed by atoms with Gasteiger partial charge in [-0.15, -0.1) is 0 Å². The normalized spacial score (nSPS) is 14.8. The zero-order chi connectivity index (χ0) is 15.8. The molecule has 1 amide bonds. The van der Waals surface area contributed by atoms with Gasteiger partial charge in [-0.2, -0.15) is 0 Å². The lowest BCUT2D eigenvalue weighted by atomic mass is 10.0. The molecule has 0 aromatic heterocycles. The fourth-order valence-electron chi connectivity index (χ4n) is 1.10. The van der Waals surface area contributed by atoms with Gasteiger partial charge in [0, 0.05) is 18.6 Å². The zero-order valence-electron chi connectivity index (χ0n) is 11.5. The molecule has 0 aliphatic heterocycles. The van der Waals surface area contributed by atoms with Crippen molar-refractivity contribution in [2.24, 2.45) is 11.5 Å². The molecule has 0 aliphatic rings. The summed E-state index contributed by atoms with van der Waals surface area (Å²) in [4.78, 5) is 34.3. The summed E-state index contributed by atoms with van der Waals surface area (Å²) in [6.07, 6.45) is 0. The molecule has 0 saturated carbocycles. The van der Waals surface area contributed by atoms with E-state index in [1.165, 1.54) is 25.0 Å². The summed E-state index contributed by atoms with van der Waals surface area (Å²) in [6, 6.07) is -0.775. The van der Waals surface area contributed by atoms with Gasteiger partial charge in [-0.1, -0.05) is 21.6 Å². The molecule has 5 N–H and O–H groups in total. The lowest BCUT2D eigenvalue weighted by Crippen LogP contribution is -2.61. The van der Waals surface area contributed by atoms with Crippen molar-refractivity contribution in [1.82, 2.24) is 5.32 Å². The number of esters is 2. The van der Waals surface area contributed by atoms with Crippen molar-refractivity contribution in [1.29, 1.82) is 0 Å². The van der Waals surface area contributed by atoms with Crippen molar-refractivity contribution in [2.45, 2.75) is 11.6 Å². The first-order chi connectivity index (χ1) is 9.33. The number of carbonyl (C=O) groups is 3. The lowest BCUT2D eigenvalue weighted by Gasteiger charge is -2.23. The molecule has 20 heavy (non-hydrogen) atoms. The zero-order valence-corrected chi connectivity index (χ0v) is 13.1. The first kappa shape index (κ1) is 19.0. The number of hydrogen-bond acceptors (Lipinski definition) is 9. The Morgan fingerprint density at radius 2 is 1.85 bits per heavy atom. The SMILES string of the molecule is CNC(=O)C(N)(CSSCC(N)C(=O)OC)C(=O)OC. The fourth-order valence-corrected chi connectivity index (χ4v) is 3.53. The Morgan fingerprint density at radius 1 is 1.25 bits per heavy atom. The quantitative estimate of drug-likeness (QED) is 0.210. The minimum absolute atomic E-state index is 0.0160. The summed E-state index contributed by atoms with van der Waals surface area (Å²) in [5, 5.41) is 2.31. The standard InChI is InChI=1S/C10H19N3O5S2/c1-13-8(15)10(12,9(16)18-3)5-20-19-4-6(11)7(14)17-2/h6H,4-5,11-12H2,1-3H3,(H,13,15). The van der Waals surface area contributed by atoms with Gasteiger partial charge in [0.2, 0.25) is 5.54 Å². The number of nitrogens with two attached hydrogens (primary N) is 2. The maximum atomic E-state index is 11.7. The molecular weight excluding hydrogens is 306 g/mol. The van der Waals surface area contributed by atoms with Gasteiger partial charge in [0.05, 0.1) is 14.2 Å². The van der Waals surface area contributed by atoms with Crippen molar-refractivity contribution in [3.63, 3.8) is 0 Å². The van der Waals surface area contributed by atoms with Crippen LogP contribution in [-0.4, -0.2) is 62.2 Å². The van der Waals surface area contributed by atoms with Crippen LogP contribution in [0.25, 0.3) is 0 Å². The first-order valence-corrected chi connectivity index (χ1v) is 7.99. The third-order valence-electron chi connectivity index (χ3n) is 2.30. The van der Waals surface area contributed by atoms with Crippen molar-refractivity contribution >= 4 is 39.4 Å². The van der Waals surface area contributed by atoms with E-state index in [0.717, 1.165) is 17.9 Å². The Kier molecular flexibility index (Phi) is 8.62. The highest BCUT2D eigenvalue weighted by atomic mass is 33.1. The van der Waals surface area contributed by atoms with Crippen LogP contribution in [-0.2, 0) is 23.9 Å². The van der Waals surface area contributed by atoms with E-state index < -0.39 is 29.4 Å². The van der Waals surface area contributed by atoms with E-state index in [-0.39, 0.29) is 11.5 Å². The molecule has 0 fully saturated rings. The van der Waals surface area contributed by atoms with Gasteiger partial charge in [-0.25, -0.2) is 4.79 Å². The van der Waals surface area contributed by atoms with Gasteiger partial charge >= 0.3 is 11.9 Å². The Labute approximate surface area is 125 Å². The minimum Gasteiger partial charge on any atom is -0.468 e. The van der Waals surface area contributed by atoms with Crippen LogP contribution in [0, 0.1) is 0 Å². The average molecular weight is 325 g/mol. The molecule has 8 nitrogen and oxygen atoms in total. The van der Waals surface area contributed by atoms with E-state index >= 15 is 0 Å². The van der Waals surface area contributed by atoms with E-state index in [1.807, 2.05) is 0 Å². The minimum atomic E-state index is -1.78. The van der Waals surface area contributed by atoms with Crippen LogP contribution in [0.4, 0.5) is 0 Å². The van der Waals surface area contributed by atoms with Crippen LogP contribution in [0.1, 0.15) is 0 Å². The highest BCUT2D eigenvalue weighted by Gasteiger charge is 2.43. The molecule has 0 bridgehead atoms. The second-order valence-corrected chi connectivity index (χ2v) is 6.23. The molecule has 0 aromatic rings. The van der Waals surface area contributed by atoms with Gasteiger partial charge in [0.25, 0.3) is 5.91 Å². The molecule has 0 aliphatic carbocycles. The molecule has 10 heteroatoms. The molecule has 0 saturated heterocycles. The number of likely N-dealkylation sites (N-methyl/N-ethyl adjacent to an activating group) is 1. The summed E-state index contributed by atoms with van der Waals surface area (Å²) in [5.41, 5.74) is 9.52. The van der Waals surface area contributed by atoms with Crippen molar-refractivity contribution < 1.29 is 23.9 Å². The van der Waals surface area contributed by atoms with Gasteiger partial charge in [0.1, 0.15) is 6.04 Å². The molecule has 0 spiro atoms. The molecule has 0 aromatic carbocycles. The van der Waals surface area contributed by atoms with E-state index in [9.17, 15) is 14.4 Å². The van der Waals surface area contributed by atoms with Crippen molar-refractivity contribution in [3.8, 4) is 0 Å². The van der Waals surface area contributed by atoms with Crippen molar-refractivity contribution in [2.75, 3.05) is 32.8 Å². The molecule has 0 heterocycles. The van der Waals surface area contributed by atoms with E-state index in [0.29, 0.717) is 0 Å². The predicted octanol–water partition coefficient (Wildman–Crippen LogP) is -1.52. The topological polar surface area (TPSA) is 134 Å². The van der Waals surface area contributed by atoms with Gasteiger partial charge in [-0.3, -0.25) is 9.59 Å². The van der Waals surface area contributed by atoms with Crippen molar-refractivity contribution in [3.05, 3.63) is 0 Å². The second-order valence-electron chi connectivity index (χ2n) is 3.72. The van der Waals surface area contributed by atoms with Crippen LogP contribution in [0.3, 0.4) is 0 Å². The summed E-state index contributed by atoms with van der Waals surface area (Å²) in [6.45, 7) is 0. The number of nitrogens with one attached hydrogen (secondary N) is 1. The fraction of sp³-hybridized carbons (Fsp3) is 0.700. The molecule has 116 valence electrons.